The molecule has 2 heterocycles. The lowest BCUT2D eigenvalue weighted by Gasteiger charge is -2.19. The first-order valence-electron chi connectivity index (χ1n) is 15.2. The molecule has 0 saturated heterocycles. The highest BCUT2D eigenvalue weighted by Gasteiger charge is 2.18. The molecule has 8 rings (SSSR count). The van der Waals surface area contributed by atoms with Gasteiger partial charge in [0.05, 0.1) is 11.0 Å². The van der Waals surface area contributed by atoms with Crippen molar-refractivity contribution in [3.8, 4) is 27.9 Å². The minimum absolute atomic E-state index is 0.959. The number of nitrogens with zero attached hydrogens (tertiary/aromatic N) is 2. The van der Waals surface area contributed by atoms with Crippen molar-refractivity contribution in [2.45, 2.75) is 0 Å². The van der Waals surface area contributed by atoms with Gasteiger partial charge >= 0.3 is 0 Å². The van der Waals surface area contributed by atoms with Crippen LogP contribution in [0.2, 0.25) is 0 Å². The summed E-state index contributed by atoms with van der Waals surface area (Å²) in [5.74, 6) is 0. The van der Waals surface area contributed by atoms with Gasteiger partial charge in [-0.1, -0.05) is 128 Å². The van der Waals surface area contributed by atoms with Gasteiger partial charge in [-0.05, 0) is 85.3 Å². The van der Waals surface area contributed by atoms with Crippen LogP contribution < -0.4 is 0 Å². The molecule has 0 N–H and O–H groups in total. The van der Waals surface area contributed by atoms with Crippen molar-refractivity contribution < 1.29 is 0 Å². The summed E-state index contributed by atoms with van der Waals surface area (Å²) in [6.45, 7) is 8.42. The fourth-order valence-corrected chi connectivity index (χ4v) is 6.81. The van der Waals surface area contributed by atoms with E-state index in [0.717, 1.165) is 38.9 Å². The molecule has 0 aliphatic rings. The molecule has 0 aliphatic heterocycles. The first kappa shape index (κ1) is 26.6. The minimum atomic E-state index is 0.959. The van der Waals surface area contributed by atoms with Gasteiger partial charge in [0.1, 0.15) is 0 Å². The topological polar surface area (TPSA) is 17.8 Å². The van der Waals surface area contributed by atoms with Crippen LogP contribution in [-0.2, 0) is 0 Å². The van der Waals surface area contributed by atoms with Crippen molar-refractivity contribution in [3.63, 3.8) is 0 Å². The first-order chi connectivity index (χ1) is 22.2. The van der Waals surface area contributed by atoms with Crippen LogP contribution in [0, 0.1) is 0 Å². The Bertz CT molecular complexity index is 2410. The maximum Gasteiger partial charge on any atom is 0.0571 e. The van der Waals surface area contributed by atoms with E-state index in [2.05, 4.69) is 156 Å². The quantitative estimate of drug-likeness (QED) is 0.143. The molecule has 0 fully saturated rings. The fourth-order valence-electron chi connectivity index (χ4n) is 6.81. The van der Waals surface area contributed by atoms with Crippen LogP contribution in [0.5, 0.6) is 0 Å². The SMILES string of the molecule is C=C/C=C\C(=C)c1c2ccccc2c(-c2ccccc2)c2ccc(-c3cccc(-n4c5ccccc5c5cnccc54)c3)cc12. The van der Waals surface area contributed by atoms with E-state index in [1.165, 1.54) is 43.6 Å². The van der Waals surface area contributed by atoms with Crippen LogP contribution in [-0.4, -0.2) is 9.55 Å². The smallest absolute Gasteiger partial charge is 0.0571 e. The summed E-state index contributed by atoms with van der Waals surface area (Å²) in [4.78, 5) is 4.42. The monoisotopic (exact) mass is 574 g/mol. The number of pyridine rings is 1. The normalized spacial score (nSPS) is 11.6. The van der Waals surface area contributed by atoms with Crippen molar-refractivity contribution in [3.05, 3.63) is 177 Å². The Morgan fingerprint density at radius 2 is 1.27 bits per heavy atom. The van der Waals surface area contributed by atoms with E-state index in [9.17, 15) is 0 Å². The van der Waals surface area contributed by atoms with Gasteiger partial charge in [-0.15, -0.1) is 0 Å². The molecular formula is C43H30N2. The molecule has 0 unspecified atom stereocenters. The van der Waals surface area contributed by atoms with Gasteiger partial charge in [0, 0.05) is 28.9 Å². The second kappa shape index (κ2) is 10.9. The lowest BCUT2D eigenvalue weighted by Crippen LogP contribution is -1.95. The molecule has 2 nitrogen and oxygen atoms in total. The number of para-hydroxylation sites is 1. The number of aromatic nitrogens is 2. The van der Waals surface area contributed by atoms with Crippen LogP contribution in [0.15, 0.2) is 171 Å². The van der Waals surface area contributed by atoms with Gasteiger partial charge in [-0.3, -0.25) is 4.98 Å². The van der Waals surface area contributed by atoms with Crippen molar-refractivity contribution >= 4 is 48.9 Å². The van der Waals surface area contributed by atoms with E-state index in [-0.39, 0.29) is 0 Å². The van der Waals surface area contributed by atoms with E-state index in [4.69, 9.17) is 0 Å². The third-order valence-corrected chi connectivity index (χ3v) is 8.75. The molecule has 6 aromatic carbocycles. The standard InChI is InChI=1S/C43H30N2/c1-3-4-13-29(2)42-35-19-8-9-20-36(35)43(30-14-6-5-7-15-30)37-23-22-32(27-38(37)42)31-16-12-17-33(26-31)45-40-21-11-10-18-34(40)39-28-44-25-24-41(39)45/h3-28H,1-2H2/b13-4-. The molecule has 0 radical (unpaired) electrons. The molecule has 0 aliphatic carbocycles. The number of fused-ring (bicyclic) bond motifs is 5. The average molecular weight is 575 g/mol. The molecule has 2 heteroatoms. The van der Waals surface area contributed by atoms with E-state index in [0.29, 0.717) is 0 Å². The number of benzene rings is 6. The first-order valence-corrected chi connectivity index (χ1v) is 15.2. The van der Waals surface area contributed by atoms with E-state index < -0.39 is 0 Å². The maximum absolute atomic E-state index is 4.53. The number of hydrogen-bond acceptors (Lipinski definition) is 1. The molecule has 0 atom stereocenters. The van der Waals surface area contributed by atoms with E-state index in [1.54, 1.807) is 6.08 Å². The zero-order chi connectivity index (χ0) is 30.3. The second-order valence-corrected chi connectivity index (χ2v) is 11.3. The minimum Gasteiger partial charge on any atom is -0.309 e. The number of rotatable bonds is 6. The summed E-state index contributed by atoms with van der Waals surface area (Å²) >= 11 is 0. The fraction of sp³-hybridized carbons (Fsp3) is 0. The molecule has 8 aromatic rings. The predicted molar refractivity (Wildman–Crippen MR) is 193 cm³/mol. The largest absolute Gasteiger partial charge is 0.309 e. The molecule has 2 aromatic heterocycles. The summed E-state index contributed by atoms with van der Waals surface area (Å²) in [7, 11) is 0. The summed E-state index contributed by atoms with van der Waals surface area (Å²) in [6, 6.07) is 45.7. The van der Waals surface area contributed by atoms with Crippen molar-refractivity contribution in [1.82, 2.24) is 9.55 Å². The summed E-state index contributed by atoms with van der Waals surface area (Å²) < 4.78 is 2.34. The Hall–Kier alpha value is -5.99. The lowest BCUT2D eigenvalue weighted by atomic mass is 9.85. The maximum atomic E-state index is 4.53. The molecule has 212 valence electrons. The van der Waals surface area contributed by atoms with Gasteiger partial charge in [-0.25, -0.2) is 0 Å². The van der Waals surface area contributed by atoms with Crippen molar-refractivity contribution in [2.75, 3.05) is 0 Å². The number of allylic oxidation sites excluding steroid dienone is 4. The third-order valence-electron chi connectivity index (χ3n) is 8.75. The highest BCUT2D eigenvalue weighted by molar-refractivity contribution is 6.20. The average Bonchev–Trinajstić information content (AvgIpc) is 3.44. The molecule has 0 saturated carbocycles. The Morgan fingerprint density at radius 1 is 0.578 bits per heavy atom. The van der Waals surface area contributed by atoms with Gasteiger partial charge in [0.15, 0.2) is 0 Å². The van der Waals surface area contributed by atoms with E-state index in [1.807, 2.05) is 18.5 Å². The Morgan fingerprint density at radius 3 is 2.11 bits per heavy atom. The highest BCUT2D eigenvalue weighted by Crippen LogP contribution is 2.43. The van der Waals surface area contributed by atoms with Gasteiger partial charge in [-0.2, -0.15) is 0 Å². The number of hydrogen-bond donors (Lipinski definition) is 0. The van der Waals surface area contributed by atoms with Crippen molar-refractivity contribution in [1.29, 1.82) is 0 Å². The van der Waals surface area contributed by atoms with Crippen LogP contribution in [0.1, 0.15) is 5.56 Å². The predicted octanol–water partition coefficient (Wildman–Crippen LogP) is 11.6. The summed E-state index contributed by atoms with van der Waals surface area (Å²) in [6.07, 6.45) is 9.65. The highest BCUT2D eigenvalue weighted by atomic mass is 15.0. The Kier molecular flexibility index (Phi) is 6.47. The third kappa shape index (κ3) is 4.39. The molecule has 0 bridgehead atoms. The molecule has 0 spiro atoms. The van der Waals surface area contributed by atoms with Gasteiger partial charge < -0.3 is 4.57 Å². The summed E-state index contributed by atoms with van der Waals surface area (Å²) in [5.41, 5.74) is 10.3. The van der Waals surface area contributed by atoms with Gasteiger partial charge in [0.2, 0.25) is 0 Å². The van der Waals surface area contributed by atoms with Crippen LogP contribution in [0.3, 0.4) is 0 Å². The second-order valence-electron chi connectivity index (χ2n) is 11.3. The Labute approximate surface area is 262 Å². The van der Waals surface area contributed by atoms with Crippen LogP contribution >= 0.6 is 0 Å². The van der Waals surface area contributed by atoms with Crippen LogP contribution in [0.4, 0.5) is 0 Å². The summed E-state index contributed by atoms with van der Waals surface area (Å²) in [5, 5.41) is 7.14. The van der Waals surface area contributed by atoms with Gasteiger partial charge in [0.25, 0.3) is 0 Å². The zero-order valence-corrected chi connectivity index (χ0v) is 24.8. The molecule has 45 heavy (non-hydrogen) atoms. The zero-order valence-electron chi connectivity index (χ0n) is 24.8. The van der Waals surface area contributed by atoms with Crippen molar-refractivity contribution in [2.24, 2.45) is 0 Å². The lowest BCUT2D eigenvalue weighted by molar-refractivity contribution is 1.17. The molecular weight excluding hydrogens is 544 g/mol. The molecule has 0 amide bonds. The van der Waals surface area contributed by atoms with E-state index >= 15 is 0 Å². The Balaban J connectivity index is 1.39. The van der Waals surface area contributed by atoms with Crippen LogP contribution in [0.25, 0.3) is 76.9 Å².